The zero-order valence-electron chi connectivity index (χ0n) is 12.0. The number of urea groups is 1. The molecule has 4 heteroatoms. The molecular weight excluding hydrogens is 267 g/mol. The zero-order valence-corrected chi connectivity index (χ0v) is 12.0. The van der Waals surface area contributed by atoms with Crippen molar-refractivity contribution in [3.05, 3.63) is 71.0 Å². The number of rotatable bonds is 5. The molecule has 0 aromatic heterocycles. The van der Waals surface area contributed by atoms with Crippen LogP contribution < -0.4 is 10.6 Å². The highest BCUT2D eigenvalue weighted by Crippen LogP contribution is 2.03. The summed E-state index contributed by atoms with van der Waals surface area (Å²) >= 11 is 0. The highest BCUT2D eigenvalue weighted by atomic mass is 19.1. The van der Waals surface area contributed by atoms with Gasteiger partial charge in [0.2, 0.25) is 0 Å². The smallest absolute Gasteiger partial charge is 0.315 e. The van der Waals surface area contributed by atoms with Crippen LogP contribution in [0.25, 0.3) is 0 Å². The maximum atomic E-state index is 12.7. The van der Waals surface area contributed by atoms with Crippen molar-refractivity contribution in [3.8, 4) is 0 Å². The topological polar surface area (TPSA) is 41.1 Å². The minimum Gasteiger partial charge on any atom is -0.338 e. The first-order chi connectivity index (χ1) is 10.1. The van der Waals surface area contributed by atoms with E-state index >= 15 is 0 Å². The van der Waals surface area contributed by atoms with Gasteiger partial charge >= 0.3 is 6.03 Å². The lowest BCUT2D eigenvalue weighted by Crippen LogP contribution is -2.36. The molecule has 0 fully saturated rings. The summed E-state index contributed by atoms with van der Waals surface area (Å²) in [5.74, 6) is -0.248. The van der Waals surface area contributed by atoms with Gasteiger partial charge in [-0.05, 0) is 36.6 Å². The largest absolute Gasteiger partial charge is 0.338 e. The lowest BCUT2D eigenvalue weighted by molar-refractivity contribution is 0.240. The van der Waals surface area contributed by atoms with Crippen LogP contribution in [0.15, 0.2) is 48.5 Å². The van der Waals surface area contributed by atoms with Crippen molar-refractivity contribution in [2.45, 2.75) is 19.9 Å². The second-order valence-corrected chi connectivity index (χ2v) is 4.97. The van der Waals surface area contributed by atoms with Crippen LogP contribution in [-0.4, -0.2) is 12.6 Å². The second-order valence-electron chi connectivity index (χ2n) is 4.97. The fourth-order valence-electron chi connectivity index (χ4n) is 1.92. The number of hydrogen-bond acceptors (Lipinski definition) is 1. The van der Waals surface area contributed by atoms with E-state index in [4.69, 9.17) is 0 Å². The van der Waals surface area contributed by atoms with Crippen molar-refractivity contribution < 1.29 is 9.18 Å². The maximum Gasteiger partial charge on any atom is 0.315 e. The summed E-state index contributed by atoms with van der Waals surface area (Å²) in [7, 11) is 0. The molecule has 110 valence electrons. The van der Waals surface area contributed by atoms with Crippen molar-refractivity contribution in [1.82, 2.24) is 10.6 Å². The molecule has 2 N–H and O–H groups in total. The van der Waals surface area contributed by atoms with Crippen molar-refractivity contribution in [3.63, 3.8) is 0 Å². The van der Waals surface area contributed by atoms with E-state index in [0.717, 1.165) is 11.1 Å². The normalized spacial score (nSPS) is 10.2. The minimum absolute atomic E-state index is 0.197. The van der Waals surface area contributed by atoms with Crippen molar-refractivity contribution in [2.24, 2.45) is 0 Å². The third kappa shape index (κ3) is 5.26. The molecule has 2 aromatic carbocycles. The van der Waals surface area contributed by atoms with Gasteiger partial charge in [-0.3, -0.25) is 0 Å². The summed E-state index contributed by atoms with van der Waals surface area (Å²) < 4.78 is 12.7. The SMILES string of the molecule is Cc1ccc(CNC(=O)NCCc2ccc(F)cc2)cc1. The number of nitrogens with one attached hydrogen (secondary N) is 2. The fourth-order valence-corrected chi connectivity index (χ4v) is 1.92. The number of halogens is 1. The molecule has 0 aliphatic carbocycles. The molecule has 2 aromatic rings. The minimum atomic E-state index is -0.248. The Balaban J connectivity index is 1.67. The van der Waals surface area contributed by atoms with E-state index in [1.54, 1.807) is 12.1 Å². The predicted molar refractivity (Wildman–Crippen MR) is 81.5 cm³/mol. The molecule has 0 bridgehead atoms. The lowest BCUT2D eigenvalue weighted by atomic mass is 10.1. The van der Waals surface area contributed by atoms with Gasteiger partial charge in [-0.25, -0.2) is 9.18 Å². The first-order valence-corrected chi connectivity index (χ1v) is 6.95. The second kappa shape index (κ2) is 7.43. The molecule has 0 radical (unpaired) electrons. The predicted octanol–water partition coefficient (Wildman–Crippen LogP) is 3.18. The quantitative estimate of drug-likeness (QED) is 0.871. The first kappa shape index (κ1) is 15.0. The Morgan fingerprint density at radius 1 is 0.952 bits per heavy atom. The standard InChI is InChI=1S/C17H19FN2O/c1-13-2-4-15(5-3-13)12-20-17(21)19-11-10-14-6-8-16(18)9-7-14/h2-9H,10-12H2,1H3,(H2,19,20,21). The Labute approximate surface area is 124 Å². The Kier molecular flexibility index (Phi) is 5.32. The first-order valence-electron chi connectivity index (χ1n) is 6.95. The van der Waals surface area contributed by atoms with Crippen LogP contribution in [0.1, 0.15) is 16.7 Å². The average molecular weight is 286 g/mol. The number of carbonyl (C=O) groups excluding carboxylic acids is 1. The van der Waals surface area contributed by atoms with E-state index in [2.05, 4.69) is 10.6 Å². The molecule has 3 nitrogen and oxygen atoms in total. The maximum absolute atomic E-state index is 12.7. The average Bonchev–Trinajstić information content (AvgIpc) is 2.49. The van der Waals surface area contributed by atoms with E-state index in [1.165, 1.54) is 17.7 Å². The van der Waals surface area contributed by atoms with Gasteiger partial charge in [-0.2, -0.15) is 0 Å². The number of carbonyl (C=O) groups is 1. The van der Waals surface area contributed by atoms with Crippen LogP contribution in [0.4, 0.5) is 9.18 Å². The van der Waals surface area contributed by atoms with E-state index in [0.29, 0.717) is 19.5 Å². The molecule has 0 heterocycles. The van der Waals surface area contributed by atoms with Crippen LogP contribution in [0.3, 0.4) is 0 Å². The molecule has 0 aliphatic heterocycles. The summed E-state index contributed by atoms with van der Waals surface area (Å²) in [5, 5.41) is 5.59. The van der Waals surface area contributed by atoms with E-state index < -0.39 is 0 Å². The summed E-state index contributed by atoms with van der Waals surface area (Å²) in [4.78, 5) is 11.6. The van der Waals surface area contributed by atoms with Gasteiger partial charge < -0.3 is 10.6 Å². The van der Waals surface area contributed by atoms with Crippen LogP contribution in [-0.2, 0) is 13.0 Å². The van der Waals surface area contributed by atoms with Crippen LogP contribution in [0.2, 0.25) is 0 Å². The Hall–Kier alpha value is -2.36. The summed E-state index contributed by atoms with van der Waals surface area (Å²) in [5.41, 5.74) is 3.26. The monoisotopic (exact) mass is 286 g/mol. The number of amides is 2. The van der Waals surface area contributed by atoms with Crippen molar-refractivity contribution in [2.75, 3.05) is 6.54 Å². The third-order valence-electron chi connectivity index (χ3n) is 3.19. The van der Waals surface area contributed by atoms with Gasteiger partial charge in [0.25, 0.3) is 0 Å². The van der Waals surface area contributed by atoms with Gasteiger partial charge in [0.05, 0.1) is 0 Å². The van der Waals surface area contributed by atoms with Gasteiger partial charge in [-0.1, -0.05) is 42.0 Å². The summed E-state index contributed by atoms with van der Waals surface area (Å²) in [6, 6.07) is 14.1. The number of hydrogen-bond donors (Lipinski definition) is 2. The van der Waals surface area contributed by atoms with E-state index in [-0.39, 0.29) is 11.8 Å². The van der Waals surface area contributed by atoms with Gasteiger partial charge in [0.15, 0.2) is 0 Å². The summed E-state index contributed by atoms with van der Waals surface area (Å²) in [6.07, 6.45) is 0.679. The Bertz CT molecular complexity index is 579. The van der Waals surface area contributed by atoms with Crippen molar-refractivity contribution in [1.29, 1.82) is 0 Å². The fraction of sp³-hybridized carbons (Fsp3) is 0.235. The van der Waals surface area contributed by atoms with Crippen LogP contribution >= 0.6 is 0 Å². The Morgan fingerprint density at radius 2 is 1.57 bits per heavy atom. The van der Waals surface area contributed by atoms with Gasteiger partial charge in [0, 0.05) is 13.1 Å². The Morgan fingerprint density at radius 3 is 2.24 bits per heavy atom. The molecule has 0 saturated heterocycles. The molecule has 0 aliphatic rings. The molecule has 0 saturated carbocycles. The molecule has 0 atom stereocenters. The molecule has 0 spiro atoms. The molecular formula is C17H19FN2O. The van der Waals surface area contributed by atoms with Gasteiger partial charge in [-0.15, -0.1) is 0 Å². The molecule has 2 amide bonds. The van der Waals surface area contributed by atoms with Crippen molar-refractivity contribution >= 4 is 6.03 Å². The van der Waals surface area contributed by atoms with E-state index in [9.17, 15) is 9.18 Å². The molecule has 21 heavy (non-hydrogen) atoms. The lowest BCUT2D eigenvalue weighted by Gasteiger charge is -2.08. The third-order valence-corrected chi connectivity index (χ3v) is 3.19. The molecule has 2 rings (SSSR count). The molecule has 0 unspecified atom stereocenters. The van der Waals surface area contributed by atoms with Crippen LogP contribution in [0.5, 0.6) is 0 Å². The summed E-state index contributed by atoms with van der Waals surface area (Å²) in [6.45, 7) is 3.05. The number of benzene rings is 2. The highest BCUT2D eigenvalue weighted by Gasteiger charge is 2.00. The van der Waals surface area contributed by atoms with Crippen LogP contribution in [0, 0.1) is 12.7 Å². The zero-order chi connectivity index (χ0) is 15.1. The van der Waals surface area contributed by atoms with E-state index in [1.807, 2.05) is 31.2 Å². The highest BCUT2D eigenvalue weighted by molar-refractivity contribution is 5.73. The number of aryl methyl sites for hydroxylation is 1. The van der Waals surface area contributed by atoms with Gasteiger partial charge in [0.1, 0.15) is 5.82 Å².